The van der Waals surface area contributed by atoms with Crippen LogP contribution in [0.3, 0.4) is 0 Å². The number of hydrogen-bond acceptors (Lipinski definition) is 4. The molecule has 4 nitrogen and oxygen atoms in total. The third-order valence-electron chi connectivity index (χ3n) is 3.18. The molecule has 0 aliphatic rings. The van der Waals surface area contributed by atoms with Gasteiger partial charge in [0.2, 0.25) is 0 Å². The summed E-state index contributed by atoms with van der Waals surface area (Å²) < 4.78 is 9.92. The Hall–Kier alpha value is -1.71. The van der Waals surface area contributed by atoms with E-state index in [-0.39, 0.29) is 5.97 Å². The summed E-state index contributed by atoms with van der Waals surface area (Å²) in [6.07, 6.45) is 1.24. The molecular weight excluding hydrogens is 242 g/mol. The standard InChI is InChI=1S/C15H23NO3/c1-5-16(10-6-7-15(17)19-4)14-11-13(18-3)9-8-12(14)2/h8-9,11H,5-7,10H2,1-4H3. The van der Waals surface area contributed by atoms with Crippen molar-refractivity contribution in [3.8, 4) is 5.75 Å². The van der Waals surface area contributed by atoms with Crippen LogP contribution in [0, 0.1) is 6.92 Å². The zero-order valence-corrected chi connectivity index (χ0v) is 12.2. The highest BCUT2D eigenvalue weighted by atomic mass is 16.5. The number of hydrogen-bond donors (Lipinski definition) is 0. The van der Waals surface area contributed by atoms with E-state index in [1.807, 2.05) is 12.1 Å². The van der Waals surface area contributed by atoms with Crippen molar-refractivity contribution in [2.45, 2.75) is 26.7 Å². The molecule has 0 bridgehead atoms. The Morgan fingerprint density at radius 3 is 2.63 bits per heavy atom. The summed E-state index contributed by atoms with van der Waals surface area (Å²) in [5, 5.41) is 0. The van der Waals surface area contributed by atoms with E-state index < -0.39 is 0 Å². The predicted molar refractivity (Wildman–Crippen MR) is 76.9 cm³/mol. The monoisotopic (exact) mass is 265 g/mol. The quantitative estimate of drug-likeness (QED) is 0.711. The Morgan fingerprint density at radius 2 is 2.05 bits per heavy atom. The fraction of sp³-hybridized carbons (Fsp3) is 0.533. The van der Waals surface area contributed by atoms with Gasteiger partial charge in [-0.05, 0) is 31.9 Å². The molecule has 106 valence electrons. The minimum Gasteiger partial charge on any atom is -0.497 e. The van der Waals surface area contributed by atoms with Crippen LogP contribution in [-0.4, -0.2) is 33.3 Å². The van der Waals surface area contributed by atoms with E-state index in [1.165, 1.54) is 12.7 Å². The van der Waals surface area contributed by atoms with Crippen molar-refractivity contribution in [3.63, 3.8) is 0 Å². The van der Waals surface area contributed by atoms with Gasteiger partial charge in [0.05, 0.1) is 14.2 Å². The van der Waals surface area contributed by atoms with Crippen LogP contribution in [0.4, 0.5) is 5.69 Å². The smallest absolute Gasteiger partial charge is 0.305 e. The van der Waals surface area contributed by atoms with Gasteiger partial charge in [-0.3, -0.25) is 4.79 Å². The van der Waals surface area contributed by atoms with Crippen LogP contribution in [0.15, 0.2) is 18.2 Å². The minimum atomic E-state index is -0.154. The lowest BCUT2D eigenvalue weighted by atomic mass is 10.1. The van der Waals surface area contributed by atoms with E-state index in [2.05, 4.69) is 29.6 Å². The molecule has 0 unspecified atom stereocenters. The van der Waals surface area contributed by atoms with Crippen LogP contribution in [0.5, 0.6) is 5.75 Å². The van der Waals surface area contributed by atoms with Gasteiger partial charge in [-0.15, -0.1) is 0 Å². The van der Waals surface area contributed by atoms with Crippen molar-refractivity contribution < 1.29 is 14.3 Å². The van der Waals surface area contributed by atoms with Crippen molar-refractivity contribution >= 4 is 11.7 Å². The van der Waals surface area contributed by atoms with Crippen molar-refractivity contribution in [1.82, 2.24) is 0 Å². The Kier molecular flexibility index (Phi) is 6.19. The second-order valence-corrected chi connectivity index (χ2v) is 4.41. The second-order valence-electron chi connectivity index (χ2n) is 4.41. The molecule has 0 spiro atoms. The number of anilines is 1. The fourth-order valence-electron chi connectivity index (χ4n) is 2.02. The topological polar surface area (TPSA) is 38.8 Å². The second kappa shape index (κ2) is 7.67. The van der Waals surface area contributed by atoms with E-state index in [9.17, 15) is 4.79 Å². The van der Waals surface area contributed by atoms with Crippen LogP contribution in [0.2, 0.25) is 0 Å². The van der Waals surface area contributed by atoms with Gasteiger partial charge in [0.1, 0.15) is 5.75 Å². The predicted octanol–water partition coefficient (Wildman–Crippen LogP) is 2.78. The number of nitrogens with zero attached hydrogens (tertiary/aromatic N) is 1. The van der Waals surface area contributed by atoms with E-state index in [0.29, 0.717) is 6.42 Å². The van der Waals surface area contributed by atoms with Gasteiger partial charge in [0, 0.05) is 31.3 Å². The normalized spacial score (nSPS) is 10.1. The van der Waals surface area contributed by atoms with Gasteiger partial charge >= 0.3 is 5.97 Å². The number of aryl methyl sites for hydroxylation is 1. The van der Waals surface area contributed by atoms with Crippen LogP contribution >= 0.6 is 0 Å². The third-order valence-corrected chi connectivity index (χ3v) is 3.18. The SMILES string of the molecule is CCN(CCCC(=O)OC)c1cc(OC)ccc1C. The first-order valence-electron chi connectivity index (χ1n) is 6.58. The van der Waals surface area contributed by atoms with Crippen LogP contribution < -0.4 is 9.64 Å². The first-order chi connectivity index (χ1) is 9.12. The molecule has 0 radical (unpaired) electrons. The first kappa shape index (κ1) is 15.3. The first-order valence-corrected chi connectivity index (χ1v) is 6.58. The molecule has 0 N–H and O–H groups in total. The number of carbonyl (C=O) groups is 1. The Labute approximate surface area is 115 Å². The molecule has 1 rings (SSSR count). The highest BCUT2D eigenvalue weighted by Crippen LogP contribution is 2.25. The molecule has 0 amide bonds. The molecule has 0 saturated heterocycles. The maximum Gasteiger partial charge on any atom is 0.305 e. The van der Waals surface area contributed by atoms with Crippen LogP contribution in [0.1, 0.15) is 25.3 Å². The van der Waals surface area contributed by atoms with Gasteiger partial charge < -0.3 is 14.4 Å². The van der Waals surface area contributed by atoms with Crippen LogP contribution in [-0.2, 0) is 9.53 Å². The largest absolute Gasteiger partial charge is 0.497 e. The van der Waals surface area contributed by atoms with E-state index in [1.54, 1.807) is 7.11 Å². The van der Waals surface area contributed by atoms with Crippen molar-refractivity contribution in [3.05, 3.63) is 23.8 Å². The molecule has 1 aromatic rings. The Bertz CT molecular complexity index is 418. The lowest BCUT2D eigenvalue weighted by molar-refractivity contribution is -0.140. The molecule has 0 saturated carbocycles. The lowest BCUT2D eigenvalue weighted by Gasteiger charge is -2.25. The van der Waals surface area contributed by atoms with Crippen LogP contribution in [0.25, 0.3) is 0 Å². The third kappa shape index (κ3) is 4.47. The average molecular weight is 265 g/mol. The Balaban J connectivity index is 2.71. The van der Waals surface area contributed by atoms with Crippen molar-refractivity contribution in [1.29, 1.82) is 0 Å². The molecule has 0 heterocycles. The number of benzene rings is 1. The van der Waals surface area contributed by atoms with Crippen molar-refractivity contribution in [2.75, 3.05) is 32.2 Å². The molecule has 0 fully saturated rings. The number of rotatable bonds is 7. The molecular formula is C15H23NO3. The molecule has 1 aromatic carbocycles. The summed E-state index contributed by atoms with van der Waals surface area (Å²) in [5.41, 5.74) is 2.37. The molecule has 4 heteroatoms. The number of methoxy groups -OCH3 is 2. The maximum absolute atomic E-state index is 11.1. The van der Waals surface area contributed by atoms with Gasteiger partial charge in [-0.25, -0.2) is 0 Å². The highest BCUT2D eigenvalue weighted by molar-refractivity contribution is 5.69. The van der Waals surface area contributed by atoms with E-state index >= 15 is 0 Å². The molecule has 0 aliphatic heterocycles. The molecule has 0 aromatic heterocycles. The minimum absolute atomic E-state index is 0.154. The molecule has 0 atom stereocenters. The summed E-state index contributed by atoms with van der Waals surface area (Å²) in [4.78, 5) is 13.4. The maximum atomic E-state index is 11.1. The summed E-state index contributed by atoms with van der Waals surface area (Å²) in [5.74, 6) is 0.699. The summed E-state index contributed by atoms with van der Waals surface area (Å²) in [6, 6.07) is 6.05. The average Bonchev–Trinajstić information content (AvgIpc) is 2.44. The summed E-state index contributed by atoms with van der Waals surface area (Å²) >= 11 is 0. The fourth-order valence-corrected chi connectivity index (χ4v) is 2.02. The van der Waals surface area contributed by atoms with E-state index in [0.717, 1.165) is 30.9 Å². The number of esters is 1. The zero-order chi connectivity index (χ0) is 14.3. The number of carbonyl (C=O) groups excluding carboxylic acids is 1. The van der Waals surface area contributed by atoms with Gasteiger partial charge in [-0.2, -0.15) is 0 Å². The number of ether oxygens (including phenoxy) is 2. The van der Waals surface area contributed by atoms with Crippen molar-refractivity contribution in [2.24, 2.45) is 0 Å². The van der Waals surface area contributed by atoms with Gasteiger partial charge in [0.15, 0.2) is 0 Å². The van der Waals surface area contributed by atoms with E-state index in [4.69, 9.17) is 4.74 Å². The highest BCUT2D eigenvalue weighted by Gasteiger charge is 2.10. The van der Waals surface area contributed by atoms with Gasteiger partial charge in [-0.1, -0.05) is 6.07 Å². The summed E-state index contributed by atoms with van der Waals surface area (Å²) in [6.45, 7) is 5.92. The molecule has 0 aliphatic carbocycles. The molecule has 19 heavy (non-hydrogen) atoms. The van der Waals surface area contributed by atoms with Gasteiger partial charge in [0.25, 0.3) is 0 Å². The zero-order valence-electron chi connectivity index (χ0n) is 12.2. The lowest BCUT2D eigenvalue weighted by Crippen LogP contribution is -2.25. The summed E-state index contributed by atoms with van der Waals surface area (Å²) in [7, 11) is 3.09. The Morgan fingerprint density at radius 1 is 1.32 bits per heavy atom.